The summed E-state index contributed by atoms with van der Waals surface area (Å²) < 4.78 is 35.8. The Morgan fingerprint density at radius 3 is 2.49 bits per heavy atom. The molecule has 3 aromatic rings. The lowest BCUT2D eigenvalue weighted by atomic mass is 10.0. The number of ketones is 1. The molecule has 0 spiro atoms. The molecule has 186 valence electrons. The first-order chi connectivity index (χ1) is 16.6. The summed E-state index contributed by atoms with van der Waals surface area (Å²) in [7, 11) is -0.255. The van der Waals surface area contributed by atoms with E-state index in [0.717, 1.165) is 6.42 Å². The van der Waals surface area contributed by atoms with E-state index in [4.69, 9.17) is 4.74 Å². The van der Waals surface area contributed by atoms with Crippen LogP contribution in [-0.4, -0.2) is 82.5 Å². The molecule has 2 aliphatic rings. The summed E-state index contributed by atoms with van der Waals surface area (Å²) in [5.74, 6) is 0.0536. The maximum absolute atomic E-state index is 13.5. The number of ether oxygens (including phenoxy) is 1. The number of nitrogens with zero attached hydrogens (tertiary/aromatic N) is 5. The Labute approximate surface area is 202 Å². The van der Waals surface area contributed by atoms with E-state index in [1.54, 1.807) is 14.0 Å². The van der Waals surface area contributed by atoms with E-state index in [-0.39, 0.29) is 33.4 Å². The van der Waals surface area contributed by atoms with Crippen molar-refractivity contribution in [3.05, 3.63) is 33.7 Å². The molecule has 5 rings (SSSR count). The molecule has 1 unspecified atom stereocenters. The lowest BCUT2D eigenvalue weighted by Gasteiger charge is -2.31. The average Bonchev–Trinajstić information content (AvgIpc) is 3.29. The highest BCUT2D eigenvalue weighted by atomic mass is 32.2. The highest BCUT2D eigenvalue weighted by Crippen LogP contribution is 2.40. The molecule has 12 heteroatoms. The van der Waals surface area contributed by atoms with Crippen molar-refractivity contribution >= 4 is 26.8 Å². The first-order valence-corrected chi connectivity index (χ1v) is 13.1. The molecular formula is C23H28N6O5S. The lowest BCUT2D eigenvalue weighted by molar-refractivity contribution is 0.0879. The maximum Gasteiger partial charge on any atom is 0.277 e. The van der Waals surface area contributed by atoms with Crippen molar-refractivity contribution in [2.24, 2.45) is 7.05 Å². The number of aromatic amines is 1. The number of rotatable bonds is 5. The molecule has 1 fully saturated rings. The van der Waals surface area contributed by atoms with E-state index in [1.165, 1.54) is 21.1 Å². The molecule has 4 heterocycles. The number of nitrogens with one attached hydrogen (secondary N) is 1. The van der Waals surface area contributed by atoms with Gasteiger partial charge >= 0.3 is 0 Å². The van der Waals surface area contributed by atoms with Gasteiger partial charge in [-0.2, -0.15) is 9.40 Å². The van der Waals surface area contributed by atoms with Crippen LogP contribution >= 0.6 is 0 Å². The SMILES string of the molecule is CCCc1nn(C)c2c(=O)[nH]c(-c3cc(S(=O)(=O)N4CCN(C)CC4)cc4c3OC(C)C4=O)nc12. The van der Waals surface area contributed by atoms with E-state index in [2.05, 4.69) is 20.0 Å². The van der Waals surface area contributed by atoms with Gasteiger partial charge in [0.15, 0.2) is 11.6 Å². The van der Waals surface area contributed by atoms with Gasteiger partial charge in [-0.1, -0.05) is 13.3 Å². The number of hydrogen-bond acceptors (Lipinski definition) is 8. The van der Waals surface area contributed by atoms with Crippen LogP contribution in [0.15, 0.2) is 21.8 Å². The van der Waals surface area contributed by atoms with Gasteiger partial charge in [-0.3, -0.25) is 14.3 Å². The molecule has 35 heavy (non-hydrogen) atoms. The highest BCUT2D eigenvalue weighted by Gasteiger charge is 2.36. The number of fused-ring (bicyclic) bond motifs is 2. The Bertz CT molecular complexity index is 1500. The first-order valence-electron chi connectivity index (χ1n) is 11.7. The third-order valence-electron chi connectivity index (χ3n) is 6.60. The van der Waals surface area contributed by atoms with Gasteiger partial charge in [0.05, 0.1) is 21.7 Å². The van der Waals surface area contributed by atoms with Gasteiger partial charge in [-0.25, -0.2) is 13.4 Å². The zero-order valence-electron chi connectivity index (χ0n) is 20.2. The van der Waals surface area contributed by atoms with Gasteiger partial charge in [-0.05, 0) is 32.5 Å². The molecule has 1 atom stereocenters. The summed E-state index contributed by atoms with van der Waals surface area (Å²) in [6.07, 6.45) is 0.684. The van der Waals surface area contributed by atoms with E-state index in [1.807, 2.05) is 14.0 Å². The second kappa shape index (κ2) is 8.54. The average molecular weight is 501 g/mol. The number of aryl methyl sites for hydroxylation is 2. The second-order valence-corrected chi connectivity index (χ2v) is 11.0. The van der Waals surface area contributed by atoms with Crippen molar-refractivity contribution in [2.45, 2.75) is 37.7 Å². The van der Waals surface area contributed by atoms with E-state index >= 15 is 0 Å². The summed E-state index contributed by atoms with van der Waals surface area (Å²) in [5.41, 5.74) is 1.50. The Hall–Kier alpha value is -3.09. The second-order valence-electron chi connectivity index (χ2n) is 9.11. The van der Waals surface area contributed by atoms with Gasteiger partial charge in [0.2, 0.25) is 15.8 Å². The third kappa shape index (κ3) is 3.85. The quantitative estimate of drug-likeness (QED) is 0.553. The smallest absolute Gasteiger partial charge is 0.277 e. The Balaban J connectivity index is 1.71. The van der Waals surface area contributed by atoms with Crippen molar-refractivity contribution in [1.82, 2.24) is 29.0 Å². The summed E-state index contributed by atoms with van der Waals surface area (Å²) in [6.45, 7) is 5.55. The number of H-pyrrole nitrogens is 1. The summed E-state index contributed by atoms with van der Waals surface area (Å²) in [5, 5.41) is 4.44. The van der Waals surface area contributed by atoms with Crippen molar-refractivity contribution in [1.29, 1.82) is 0 Å². The van der Waals surface area contributed by atoms with Crippen LogP contribution in [0.3, 0.4) is 0 Å². The minimum Gasteiger partial charge on any atom is -0.481 e. The summed E-state index contributed by atoms with van der Waals surface area (Å²) >= 11 is 0. The van der Waals surface area contributed by atoms with Crippen molar-refractivity contribution in [2.75, 3.05) is 33.2 Å². The van der Waals surface area contributed by atoms with Crippen LogP contribution in [0.4, 0.5) is 0 Å². The lowest BCUT2D eigenvalue weighted by Crippen LogP contribution is -2.47. The normalized spacial score (nSPS) is 19.3. The predicted molar refractivity (Wildman–Crippen MR) is 129 cm³/mol. The van der Waals surface area contributed by atoms with Gasteiger partial charge in [-0.15, -0.1) is 0 Å². The molecule has 1 aromatic carbocycles. The minimum absolute atomic E-state index is 0.0235. The Morgan fingerprint density at radius 1 is 1.11 bits per heavy atom. The fourth-order valence-corrected chi connectivity index (χ4v) is 6.12. The number of Topliss-reactive ketones (excluding diaryl/α,β-unsaturated/α-hetero) is 1. The molecule has 1 N–H and O–H groups in total. The van der Waals surface area contributed by atoms with Crippen LogP contribution < -0.4 is 10.3 Å². The number of benzene rings is 1. The number of sulfonamides is 1. The van der Waals surface area contributed by atoms with Crippen molar-refractivity contribution < 1.29 is 17.9 Å². The minimum atomic E-state index is -3.88. The van der Waals surface area contributed by atoms with E-state index < -0.39 is 21.7 Å². The molecular weight excluding hydrogens is 472 g/mol. The van der Waals surface area contributed by atoms with Crippen molar-refractivity contribution in [3.8, 4) is 17.1 Å². The van der Waals surface area contributed by atoms with E-state index in [0.29, 0.717) is 49.3 Å². The molecule has 2 aromatic heterocycles. The number of aromatic nitrogens is 4. The Kier molecular flexibility index (Phi) is 5.77. The number of carbonyl (C=O) groups excluding carboxylic acids is 1. The monoisotopic (exact) mass is 500 g/mol. The topological polar surface area (TPSA) is 130 Å². The number of piperazine rings is 1. The van der Waals surface area contributed by atoms with E-state index in [9.17, 15) is 18.0 Å². The summed E-state index contributed by atoms with van der Waals surface area (Å²) in [6, 6.07) is 2.82. The molecule has 0 saturated carbocycles. The largest absolute Gasteiger partial charge is 0.481 e. The van der Waals surface area contributed by atoms with Crippen LogP contribution in [0.5, 0.6) is 5.75 Å². The van der Waals surface area contributed by atoms with Gasteiger partial charge < -0.3 is 14.6 Å². The van der Waals surface area contributed by atoms with Crippen LogP contribution in [0, 0.1) is 0 Å². The zero-order valence-corrected chi connectivity index (χ0v) is 21.0. The Morgan fingerprint density at radius 2 is 1.80 bits per heavy atom. The first kappa shape index (κ1) is 23.6. The number of hydrogen-bond donors (Lipinski definition) is 1. The zero-order chi connectivity index (χ0) is 25.1. The van der Waals surface area contributed by atoms with Gasteiger partial charge in [0, 0.05) is 33.2 Å². The van der Waals surface area contributed by atoms with Gasteiger partial charge in [0.1, 0.15) is 17.1 Å². The predicted octanol–water partition coefficient (Wildman–Crippen LogP) is 1.18. The number of carbonyl (C=O) groups is 1. The van der Waals surface area contributed by atoms with Crippen LogP contribution in [0.1, 0.15) is 36.3 Å². The molecule has 11 nitrogen and oxygen atoms in total. The fourth-order valence-electron chi connectivity index (χ4n) is 4.64. The summed E-state index contributed by atoms with van der Waals surface area (Å²) in [4.78, 5) is 35.3. The van der Waals surface area contributed by atoms with Crippen LogP contribution in [0.2, 0.25) is 0 Å². The third-order valence-corrected chi connectivity index (χ3v) is 8.47. The highest BCUT2D eigenvalue weighted by molar-refractivity contribution is 7.89. The molecule has 0 bridgehead atoms. The molecule has 0 aliphatic carbocycles. The maximum atomic E-state index is 13.5. The molecule has 0 amide bonds. The number of likely N-dealkylation sites (N-methyl/N-ethyl adjacent to an activating group) is 1. The molecule has 1 saturated heterocycles. The van der Waals surface area contributed by atoms with Crippen LogP contribution in [0.25, 0.3) is 22.4 Å². The van der Waals surface area contributed by atoms with Crippen molar-refractivity contribution in [3.63, 3.8) is 0 Å². The molecule has 0 radical (unpaired) electrons. The standard InChI is InChI=1S/C23H28N6O5S/c1-5-6-17-18-19(28(4)26-17)23(31)25-22(24-18)16-12-14(11-15-20(30)13(2)34-21(15)16)35(32,33)29-9-7-27(3)8-10-29/h11-13H,5-10H2,1-4H3,(H,24,25,31). The van der Waals surface area contributed by atoms with Gasteiger partial charge in [0.25, 0.3) is 5.56 Å². The van der Waals surface area contributed by atoms with Crippen LogP contribution in [-0.2, 0) is 23.5 Å². The molecule has 2 aliphatic heterocycles. The fraction of sp³-hybridized carbons (Fsp3) is 0.478.